The van der Waals surface area contributed by atoms with Crippen molar-refractivity contribution in [1.82, 2.24) is 5.32 Å². The van der Waals surface area contributed by atoms with Gasteiger partial charge in [-0.3, -0.25) is 9.59 Å². The summed E-state index contributed by atoms with van der Waals surface area (Å²) in [6, 6.07) is 13.6. The monoisotopic (exact) mass is 612 g/mol. The lowest BCUT2D eigenvalue weighted by molar-refractivity contribution is -0.255. The van der Waals surface area contributed by atoms with Crippen LogP contribution in [0.3, 0.4) is 0 Å². The average molecular weight is 613 g/mol. The maximum atomic E-state index is 16.6. The summed E-state index contributed by atoms with van der Waals surface area (Å²) in [6.45, 7) is 2.49. The van der Waals surface area contributed by atoms with E-state index in [1.807, 2.05) is 0 Å². The van der Waals surface area contributed by atoms with Crippen molar-refractivity contribution < 1.29 is 49.4 Å². The minimum Gasteiger partial charge on any atom is -0.493 e. The highest BCUT2D eigenvalue weighted by Crippen LogP contribution is 2.57. The molecule has 0 spiro atoms. The van der Waals surface area contributed by atoms with Crippen molar-refractivity contribution in [3.05, 3.63) is 101 Å². The molecule has 1 unspecified atom stereocenters. The molecular weight excluding hydrogens is 588 g/mol. The molecule has 1 aliphatic heterocycles. The zero-order chi connectivity index (χ0) is 31.8. The van der Waals surface area contributed by atoms with Gasteiger partial charge in [0.05, 0.1) is 13.0 Å². The molecule has 1 aliphatic rings. The lowest BCUT2D eigenvalue weighted by atomic mass is 9.73. The topological polar surface area (TPSA) is 67.4 Å². The van der Waals surface area contributed by atoms with Crippen LogP contribution in [-0.4, -0.2) is 36.7 Å². The van der Waals surface area contributed by atoms with Crippen LogP contribution in [0.2, 0.25) is 0 Å². The van der Waals surface area contributed by atoms with Gasteiger partial charge in [-0.05, 0) is 49.2 Å². The van der Waals surface area contributed by atoms with Crippen LogP contribution in [0.4, 0.5) is 40.8 Å². The third-order valence-corrected chi connectivity index (χ3v) is 6.81. The van der Waals surface area contributed by atoms with E-state index < -0.39 is 70.9 Å². The summed E-state index contributed by atoms with van der Waals surface area (Å²) < 4.78 is 120. The molecule has 0 saturated heterocycles. The van der Waals surface area contributed by atoms with Crippen LogP contribution in [0.5, 0.6) is 5.75 Å². The van der Waals surface area contributed by atoms with E-state index in [1.165, 1.54) is 29.6 Å². The standard InChI is InChI=1S/C30H24F8N2O3/c1-17-3-7-19(8-4-17)24-23(25(41)39-21-11-5-18(2)6-12-21)26(42)40-28(29(24,34)35,30(36,37)38)20-9-13-22(14-10-20)43-16-15-27(31,32)33/h3-14H,15-16H2,1-2H3,(H,39,41)(H,40,42). The first kappa shape index (κ1) is 31.5. The third-order valence-electron chi connectivity index (χ3n) is 6.81. The Morgan fingerprint density at radius 1 is 0.837 bits per heavy atom. The Hall–Kier alpha value is -4.42. The highest BCUT2D eigenvalue weighted by atomic mass is 19.4. The second-order valence-electron chi connectivity index (χ2n) is 9.95. The lowest BCUT2D eigenvalue weighted by Crippen LogP contribution is -2.69. The van der Waals surface area contributed by atoms with Gasteiger partial charge in [0.1, 0.15) is 11.3 Å². The molecule has 5 nitrogen and oxygen atoms in total. The van der Waals surface area contributed by atoms with E-state index in [-0.39, 0.29) is 11.4 Å². The van der Waals surface area contributed by atoms with Crippen LogP contribution in [0.25, 0.3) is 5.57 Å². The zero-order valence-electron chi connectivity index (χ0n) is 22.6. The molecule has 0 fully saturated rings. The number of carbonyl (C=O) groups excluding carboxylic acids is 2. The number of alkyl halides is 8. The Morgan fingerprint density at radius 2 is 1.37 bits per heavy atom. The van der Waals surface area contributed by atoms with E-state index in [4.69, 9.17) is 4.74 Å². The fourth-order valence-corrected chi connectivity index (χ4v) is 4.61. The molecule has 13 heteroatoms. The van der Waals surface area contributed by atoms with Crippen molar-refractivity contribution >= 4 is 23.1 Å². The van der Waals surface area contributed by atoms with Gasteiger partial charge in [0, 0.05) is 11.3 Å². The summed E-state index contributed by atoms with van der Waals surface area (Å²) in [4.78, 5) is 26.6. The molecule has 0 radical (unpaired) electrons. The minimum atomic E-state index is -5.83. The lowest BCUT2D eigenvalue weighted by Gasteiger charge is -2.46. The van der Waals surface area contributed by atoms with Gasteiger partial charge >= 0.3 is 18.3 Å². The number of halogens is 8. The molecule has 4 rings (SSSR count). The SMILES string of the molecule is Cc1ccc(NC(=O)C2=C(c3ccc(C)cc3)C(F)(F)C(c3ccc(OCCC(F)(F)F)cc3)(C(F)(F)F)NC2=O)cc1. The van der Waals surface area contributed by atoms with E-state index in [9.17, 15) is 35.9 Å². The summed E-state index contributed by atoms with van der Waals surface area (Å²) in [5.41, 5.74) is -7.20. The molecule has 0 aromatic heterocycles. The Labute approximate surface area is 240 Å². The summed E-state index contributed by atoms with van der Waals surface area (Å²) in [5, 5.41) is 3.67. The Kier molecular flexibility index (Phi) is 8.31. The Bertz CT molecular complexity index is 1530. The maximum absolute atomic E-state index is 16.6. The first-order chi connectivity index (χ1) is 20.0. The molecule has 228 valence electrons. The first-order valence-electron chi connectivity index (χ1n) is 12.7. The van der Waals surface area contributed by atoms with Crippen LogP contribution in [0.15, 0.2) is 78.4 Å². The first-order valence-corrected chi connectivity index (χ1v) is 12.7. The Balaban J connectivity index is 1.87. The number of hydrogen-bond donors (Lipinski definition) is 2. The fourth-order valence-electron chi connectivity index (χ4n) is 4.61. The highest BCUT2D eigenvalue weighted by molar-refractivity contribution is 6.29. The number of aryl methyl sites for hydroxylation is 2. The molecular formula is C30H24F8N2O3. The van der Waals surface area contributed by atoms with E-state index in [1.54, 1.807) is 26.0 Å². The van der Waals surface area contributed by atoms with Gasteiger partial charge in [0.15, 0.2) is 0 Å². The number of ether oxygens (including phenoxy) is 1. The van der Waals surface area contributed by atoms with Crippen molar-refractivity contribution in [2.24, 2.45) is 0 Å². The van der Waals surface area contributed by atoms with Crippen molar-refractivity contribution in [3.8, 4) is 5.75 Å². The molecule has 3 aromatic rings. The van der Waals surface area contributed by atoms with Crippen LogP contribution >= 0.6 is 0 Å². The molecule has 1 atom stereocenters. The quantitative estimate of drug-likeness (QED) is 0.218. The van der Waals surface area contributed by atoms with Crippen molar-refractivity contribution in [3.63, 3.8) is 0 Å². The number of rotatable bonds is 7. The molecule has 0 bridgehead atoms. The number of nitrogens with one attached hydrogen (secondary N) is 2. The van der Waals surface area contributed by atoms with Crippen molar-refractivity contribution in [1.29, 1.82) is 0 Å². The van der Waals surface area contributed by atoms with E-state index in [0.29, 0.717) is 17.7 Å². The summed E-state index contributed by atoms with van der Waals surface area (Å²) in [7, 11) is 0. The number of carbonyl (C=O) groups is 2. The summed E-state index contributed by atoms with van der Waals surface area (Å²) >= 11 is 0. The molecule has 3 aromatic carbocycles. The molecule has 2 amide bonds. The highest BCUT2D eigenvalue weighted by Gasteiger charge is 2.75. The summed E-state index contributed by atoms with van der Waals surface area (Å²) in [5.74, 6) is -8.37. The van der Waals surface area contributed by atoms with Crippen LogP contribution in [0.1, 0.15) is 28.7 Å². The van der Waals surface area contributed by atoms with E-state index >= 15 is 8.78 Å². The smallest absolute Gasteiger partial charge is 0.422 e. The minimum absolute atomic E-state index is 0.108. The van der Waals surface area contributed by atoms with Crippen LogP contribution in [-0.2, 0) is 15.1 Å². The van der Waals surface area contributed by atoms with Gasteiger partial charge in [0.25, 0.3) is 11.8 Å². The van der Waals surface area contributed by atoms with Gasteiger partial charge in [-0.25, -0.2) is 0 Å². The van der Waals surface area contributed by atoms with Crippen LogP contribution in [0, 0.1) is 13.8 Å². The normalized spacial score (nSPS) is 18.7. The van der Waals surface area contributed by atoms with Gasteiger partial charge < -0.3 is 15.4 Å². The van der Waals surface area contributed by atoms with Gasteiger partial charge in [-0.1, -0.05) is 59.7 Å². The second kappa shape index (κ2) is 11.3. The fraction of sp³-hybridized carbons (Fsp3) is 0.267. The Morgan fingerprint density at radius 3 is 1.88 bits per heavy atom. The molecule has 1 heterocycles. The molecule has 0 aliphatic carbocycles. The average Bonchev–Trinajstić information content (AvgIpc) is 2.90. The van der Waals surface area contributed by atoms with Crippen LogP contribution < -0.4 is 15.4 Å². The van der Waals surface area contributed by atoms with Gasteiger partial charge in [-0.15, -0.1) is 0 Å². The molecule has 0 saturated carbocycles. The van der Waals surface area contributed by atoms with Gasteiger partial charge in [-0.2, -0.15) is 35.1 Å². The number of amides is 2. The zero-order valence-corrected chi connectivity index (χ0v) is 22.6. The van der Waals surface area contributed by atoms with Gasteiger partial charge in [0.2, 0.25) is 5.54 Å². The van der Waals surface area contributed by atoms with E-state index in [2.05, 4.69) is 5.32 Å². The number of benzene rings is 3. The molecule has 43 heavy (non-hydrogen) atoms. The van der Waals surface area contributed by atoms with Crippen molar-refractivity contribution in [2.45, 2.75) is 44.1 Å². The number of anilines is 1. The predicted octanol–water partition coefficient (Wildman–Crippen LogP) is 7.25. The summed E-state index contributed by atoms with van der Waals surface area (Å²) in [6.07, 6.45) is -11.7. The third kappa shape index (κ3) is 6.20. The number of hydrogen-bond acceptors (Lipinski definition) is 3. The predicted molar refractivity (Wildman–Crippen MR) is 141 cm³/mol. The second-order valence-corrected chi connectivity index (χ2v) is 9.95. The van der Waals surface area contributed by atoms with E-state index in [0.717, 1.165) is 29.8 Å². The largest absolute Gasteiger partial charge is 0.493 e. The van der Waals surface area contributed by atoms with Crippen molar-refractivity contribution in [2.75, 3.05) is 11.9 Å². The maximum Gasteiger partial charge on any atom is 0.422 e. The molecule has 2 N–H and O–H groups in total.